The van der Waals surface area contributed by atoms with Crippen LogP contribution in [0, 0.1) is 12.8 Å². The van der Waals surface area contributed by atoms with Gasteiger partial charge in [-0.25, -0.2) is 0 Å². The molecule has 1 aliphatic rings. The molecule has 1 saturated heterocycles. The summed E-state index contributed by atoms with van der Waals surface area (Å²) in [4.78, 5) is 13.7. The van der Waals surface area contributed by atoms with E-state index in [-0.39, 0.29) is 11.9 Å². The van der Waals surface area contributed by atoms with Gasteiger partial charge in [0.2, 0.25) is 5.91 Å². The van der Waals surface area contributed by atoms with Gasteiger partial charge in [-0.1, -0.05) is 6.92 Å². The first-order chi connectivity index (χ1) is 8.06. The Hall–Kier alpha value is -1.36. The summed E-state index contributed by atoms with van der Waals surface area (Å²) in [6.07, 6.45) is 4.38. The highest BCUT2D eigenvalue weighted by Crippen LogP contribution is 2.16. The molecule has 2 atom stereocenters. The Labute approximate surface area is 102 Å². The number of aromatic nitrogens is 2. The van der Waals surface area contributed by atoms with Crippen molar-refractivity contribution in [1.82, 2.24) is 14.7 Å². The number of nitrogens with zero attached hydrogens (tertiary/aromatic N) is 3. The monoisotopic (exact) mass is 236 g/mol. The molecule has 2 heterocycles. The molecule has 1 aliphatic heterocycles. The maximum absolute atomic E-state index is 11.8. The Morgan fingerprint density at radius 1 is 1.53 bits per heavy atom. The first kappa shape index (κ1) is 12.1. The number of amides is 1. The lowest BCUT2D eigenvalue weighted by Crippen LogP contribution is -2.51. The van der Waals surface area contributed by atoms with Crippen molar-refractivity contribution < 1.29 is 4.79 Å². The van der Waals surface area contributed by atoms with E-state index in [0.717, 1.165) is 12.1 Å². The fourth-order valence-electron chi connectivity index (χ4n) is 2.12. The maximum Gasteiger partial charge on any atom is 0.223 e. The van der Waals surface area contributed by atoms with E-state index in [9.17, 15) is 4.79 Å². The van der Waals surface area contributed by atoms with E-state index in [1.165, 1.54) is 0 Å². The van der Waals surface area contributed by atoms with Gasteiger partial charge in [0.25, 0.3) is 0 Å². The summed E-state index contributed by atoms with van der Waals surface area (Å²) in [6.45, 7) is 6.14. The van der Waals surface area contributed by atoms with Gasteiger partial charge in [0, 0.05) is 31.7 Å². The van der Waals surface area contributed by atoms with E-state index in [1.807, 2.05) is 35.8 Å². The summed E-state index contributed by atoms with van der Waals surface area (Å²) in [5.41, 5.74) is 7.13. The van der Waals surface area contributed by atoms with Crippen molar-refractivity contribution >= 4 is 5.91 Å². The number of rotatable bonds is 3. The van der Waals surface area contributed by atoms with E-state index >= 15 is 0 Å². The lowest BCUT2D eigenvalue weighted by atomic mass is 9.94. The smallest absolute Gasteiger partial charge is 0.223 e. The fraction of sp³-hybridized carbons (Fsp3) is 0.667. The number of nitrogens with two attached hydrogens (primary N) is 1. The molecule has 94 valence electrons. The van der Waals surface area contributed by atoms with E-state index in [4.69, 9.17) is 5.73 Å². The van der Waals surface area contributed by atoms with Gasteiger partial charge >= 0.3 is 0 Å². The fourth-order valence-corrected chi connectivity index (χ4v) is 2.12. The summed E-state index contributed by atoms with van der Waals surface area (Å²) in [7, 11) is 0. The lowest BCUT2D eigenvalue weighted by molar-refractivity contribution is -0.135. The van der Waals surface area contributed by atoms with Crippen molar-refractivity contribution in [1.29, 1.82) is 0 Å². The van der Waals surface area contributed by atoms with Crippen LogP contribution < -0.4 is 5.73 Å². The standard InChI is InChI=1S/C12H20N4O/c1-9-6-14-16(7-9)4-3-15-8-11(13)10(2)5-12(15)17/h6-7,10-11H,3-5,8,13H2,1-2H3. The van der Waals surface area contributed by atoms with Crippen LogP contribution >= 0.6 is 0 Å². The molecule has 1 aromatic rings. The molecule has 0 bridgehead atoms. The van der Waals surface area contributed by atoms with Crippen LogP contribution in [-0.4, -0.2) is 39.7 Å². The van der Waals surface area contributed by atoms with E-state index in [1.54, 1.807) is 0 Å². The number of piperidine rings is 1. The molecule has 2 N–H and O–H groups in total. The van der Waals surface area contributed by atoms with Gasteiger partial charge in [0.05, 0.1) is 12.7 Å². The molecule has 0 radical (unpaired) electrons. The summed E-state index contributed by atoms with van der Waals surface area (Å²) < 4.78 is 1.87. The molecule has 0 aromatic carbocycles. The predicted molar refractivity (Wildman–Crippen MR) is 65.3 cm³/mol. The van der Waals surface area contributed by atoms with Gasteiger partial charge in [-0.15, -0.1) is 0 Å². The van der Waals surface area contributed by atoms with Crippen LogP contribution in [0.1, 0.15) is 18.9 Å². The van der Waals surface area contributed by atoms with Crippen molar-refractivity contribution in [2.75, 3.05) is 13.1 Å². The van der Waals surface area contributed by atoms with Crippen LogP contribution in [0.4, 0.5) is 0 Å². The second-order valence-corrected chi connectivity index (χ2v) is 4.97. The highest BCUT2D eigenvalue weighted by molar-refractivity contribution is 5.77. The molecule has 5 nitrogen and oxygen atoms in total. The Balaban J connectivity index is 1.88. The zero-order valence-corrected chi connectivity index (χ0v) is 10.5. The normalized spacial score (nSPS) is 25.4. The molecule has 2 rings (SSSR count). The average molecular weight is 236 g/mol. The number of carbonyl (C=O) groups excluding carboxylic acids is 1. The van der Waals surface area contributed by atoms with Crippen molar-refractivity contribution in [3.8, 4) is 0 Å². The number of likely N-dealkylation sites (tertiary alicyclic amines) is 1. The van der Waals surface area contributed by atoms with Crippen LogP contribution in [0.3, 0.4) is 0 Å². The largest absolute Gasteiger partial charge is 0.339 e. The molecule has 0 saturated carbocycles. The summed E-state index contributed by atoms with van der Waals surface area (Å²) >= 11 is 0. The van der Waals surface area contributed by atoms with Crippen LogP contribution in [0.15, 0.2) is 12.4 Å². The molecule has 1 fully saturated rings. The number of hydrogen-bond donors (Lipinski definition) is 1. The van der Waals surface area contributed by atoms with Crippen LogP contribution in [-0.2, 0) is 11.3 Å². The summed E-state index contributed by atoms with van der Waals surface area (Å²) in [6, 6.07) is 0.104. The van der Waals surface area contributed by atoms with E-state index in [2.05, 4.69) is 5.10 Å². The molecule has 1 amide bonds. The predicted octanol–water partition coefficient (Wildman–Crippen LogP) is 0.387. The summed E-state index contributed by atoms with van der Waals surface area (Å²) in [5, 5.41) is 4.21. The second-order valence-electron chi connectivity index (χ2n) is 4.97. The molecular weight excluding hydrogens is 216 g/mol. The molecule has 0 aliphatic carbocycles. The zero-order valence-electron chi connectivity index (χ0n) is 10.5. The van der Waals surface area contributed by atoms with Gasteiger partial charge < -0.3 is 10.6 Å². The van der Waals surface area contributed by atoms with Crippen molar-refractivity contribution in [3.63, 3.8) is 0 Å². The highest BCUT2D eigenvalue weighted by Gasteiger charge is 2.28. The Morgan fingerprint density at radius 3 is 2.94 bits per heavy atom. The SMILES string of the molecule is Cc1cnn(CCN2CC(N)C(C)CC2=O)c1. The van der Waals surface area contributed by atoms with Gasteiger partial charge in [-0.3, -0.25) is 9.48 Å². The van der Waals surface area contributed by atoms with E-state index < -0.39 is 0 Å². The minimum absolute atomic E-state index is 0.104. The first-order valence-corrected chi connectivity index (χ1v) is 6.08. The first-order valence-electron chi connectivity index (χ1n) is 6.08. The third-order valence-corrected chi connectivity index (χ3v) is 3.37. The molecule has 2 unspecified atom stereocenters. The molecule has 5 heteroatoms. The van der Waals surface area contributed by atoms with Crippen molar-refractivity contribution in [2.45, 2.75) is 32.9 Å². The Morgan fingerprint density at radius 2 is 2.29 bits per heavy atom. The third-order valence-electron chi connectivity index (χ3n) is 3.37. The molecular formula is C12H20N4O. The lowest BCUT2D eigenvalue weighted by Gasteiger charge is -2.34. The van der Waals surface area contributed by atoms with Crippen LogP contribution in [0.2, 0.25) is 0 Å². The van der Waals surface area contributed by atoms with Gasteiger partial charge in [-0.2, -0.15) is 5.10 Å². The molecule has 17 heavy (non-hydrogen) atoms. The number of aryl methyl sites for hydroxylation is 1. The molecule has 0 spiro atoms. The van der Waals surface area contributed by atoms with Gasteiger partial charge in [0.1, 0.15) is 0 Å². The second kappa shape index (κ2) is 4.87. The Bertz CT molecular complexity index is 401. The highest BCUT2D eigenvalue weighted by atomic mass is 16.2. The quantitative estimate of drug-likeness (QED) is 0.825. The van der Waals surface area contributed by atoms with Crippen LogP contribution in [0.25, 0.3) is 0 Å². The van der Waals surface area contributed by atoms with Crippen molar-refractivity contribution in [3.05, 3.63) is 18.0 Å². The summed E-state index contributed by atoms with van der Waals surface area (Å²) in [5.74, 6) is 0.508. The van der Waals surface area contributed by atoms with Crippen molar-refractivity contribution in [2.24, 2.45) is 11.7 Å². The number of carbonyl (C=O) groups is 1. The van der Waals surface area contributed by atoms with Gasteiger partial charge in [-0.05, 0) is 18.4 Å². The topological polar surface area (TPSA) is 64.2 Å². The number of hydrogen-bond acceptors (Lipinski definition) is 3. The third kappa shape index (κ3) is 2.85. The average Bonchev–Trinajstić information content (AvgIpc) is 2.68. The van der Waals surface area contributed by atoms with E-state index in [0.29, 0.717) is 25.4 Å². The maximum atomic E-state index is 11.8. The minimum atomic E-state index is 0.104. The minimum Gasteiger partial charge on any atom is -0.339 e. The molecule has 1 aromatic heterocycles. The Kier molecular flexibility index (Phi) is 3.47. The van der Waals surface area contributed by atoms with Gasteiger partial charge in [0.15, 0.2) is 0 Å². The van der Waals surface area contributed by atoms with Crippen LogP contribution in [0.5, 0.6) is 0 Å². The zero-order chi connectivity index (χ0) is 12.4.